The molecule has 1 aromatic heterocycles. The number of nitrogens with one attached hydrogen (secondary N) is 1. The molecule has 2 aromatic carbocycles. The zero-order chi connectivity index (χ0) is 17.8. The molecule has 0 spiro atoms. The Morgan fingerprint density at radius 2 is 1.96 bits per heavy atom. The van der Waals surface area contributed by atoms with Crippen LogP contribution in [0.2, 0.25) is 0 Å². The third-order valence-electron chi connectivity index (χ3n) is 3.25. The normalized spacial score (nSPS) is 10.4. The van der Waals surface area contributed by atoms with E-state index in [0.717, 1.165) is 11.3 Å². The molecule has 1 amide bonds. The maximum Gasteiger partial charge on any atom is 0.270 e. The lowest BCUT2D eigenvalue weighted by atomic mass is 10.1. The molecule has 9 heteroatoms. The number of carbonyl (C=O) groups is 1. The Morgan fingerprint density at radius 1 is 1.20 bits per heavy atom. The van der Waals surface area contributed by atoms with Gasteiger partial charge in [-0.2, -0.15) is 0 Å². The lowest BCUT2D eigenvalue weighted by molar-refractivity contribution is -0.384. The van der Waals surface area contributed by atoms with Crippen molar-refractivity contribution >= 4 is 28.1 Å². The summed E-state index contributed by atoms with van der Waals surface area (Å²) in [5, 5.41) is 22.0. The second kappa shape index (κ2) is 7.14. The average molecular weight is 358 g/mol. The summed E-state index contributed by atoms with van der Waals surface area (Å²) in [6.07, 6.45) is 0.0754. The molecule has 0 aliphatic carbocycles. The number of non-ortho nitro benzene ring substituents is 1. The predicted octanol–water partition coefficient (Wildman–Crippen LogP) is 3.43. The molecule has 1 N–H and O–H groups in total. The molecular weight excluding hydrogens is 347 g/mol. The van der Waals surface area contributed by atoms with Gasteiger partial charge in [0, 0.05) is 17.7 Å². The summed E-state index contributed by atoms with van der Waals surface area (Å²) < 4.78 is 12.9. The molecule has 0 saturated carbocycles. The van der Waals surface area contributed by atoms with Gasteiger partial charge in [-0.15, -0.1) is 10.2 Å². The van der Waals surface area contributed by atoms with Gasteiger partial charge in [-0.3, -0.25) is 14.9 Å². The van der Waals surface area contributed by atoms with Gasteiger partial charge in [0.15, 0.2) is 0 Å². The Bertz CT molecular complexity index is 927. The number of nitro groups is 1. The average Bonchev–Trinajstić information content (AvgIpc) is 3.05. The van der Waals surface area contributed by atoms with Crippen LogP contribution in [0.5, 0.6) is 0 Å². The fourth-order valence-electron chi connectivity index (χ4n) is 2.09. The summed E-state index contributed by atoms with van der Waals surface area (Å²) >= 11 is 1.11. The lowest BCUT2D eigenvalue weighted by Gasteiger charge is -2.01. The van der Waals surface area contributed by atoms with Crippen LogP contribution in [0.1, 0.15) is 5.56 Å². The Hall–Kier alpha value is -3.20. The van der Waals surface area contributed by atoms with Gasteiger partial charge in [-0.1, -0.05) is 35.6 Å². The minimum atomic E-state index is -0.490. The van der Waals surface area contributed by atoms with Crippen molar-refractivity contribution in [1.29, 1.82) is 0 Å². The maximum absolute atomic E-state index is 12.9. The molecular formula is C16H11FN4O3S. The number of nitro benzene ring substituents is 1. The van der Waals surface area contributed by atoms with E-state index in [-0.39, 0.29) is 29.0 Å². The minimum absolute atomic E-state index is 0.0467. The number of carbonyl (C=O) groups excluding carboxylic acids is 1. The largest absolute Gasteiger partial charge is 0.300 e. The van der Waals surface area contributed by atoms with Gasteiger partial charge in [-0.25, -0.2) is 4.39 Å². The molecule has 3 rings (SSSR count). The van der Waals surface area contributed by atoms with Crippen LogP contribution < -0.4 is 5.32 Å². The zero-order valence-corrected chi connectivity index (χ0v) is 13.5. The summed E-state index contributed by atoms with van der Waals surface area (Å²) in [5.41, 5.74) is 1.17. The van der Waals surface area contributed by atoms with Gasteiger partial charge < -0.3 is 5.32 Å². The number of halogens is 1. The number of benzene rings is 2. The van der Waals surface area contributed by atoms with Gasteiger partial charge in [0.2, 0.25) is 11.0 Å². The van der Waals surface area contributed by atoms with Gasteiger partial charge in [0.05, 0.1) is 11.3 Å². The van der Waals surface area contributed by atoms with E-state index >= 15 is 0 Å². The van der Waals surface area contributed by atoms with Crippen LogP contribution in [-0.4, -0.2) is 21.0 Å². The highest BCUT2D eigenvalue weighted by molar-refractivity contribution is 7.18. The summed E-state index contributed by atoms with van der Waals surface area (Å²) in [5.74, 6) is -0.678. The molecule has 25 heavy (non-hydrogen) atoms. The molecule has 126 valence electrons. The summed E-state index contributed by atoms with van der Waals surface area (Å²) in [6, 6.07) is 11.6. The number of hydrogen-bond donors (Lipinski definition) is 1. The molecule has 1 heterocycles. The number of anilines is 1. The smallest absolute Gasteiger partial charge is 0.270 e. The van der Waals surface area contributed by atoms with Crippen LogP contribution in [0, 0.1) is 15.9 Å². The van der Waals surface area contributed by atoms with Crippen molar-refractivity contribution in [1.82, 2.24) is 10.2 Å². The predicted molar refractivity (Wildman–Crippen MR) is 90.7 cm³/mol. The fraction of sp³-hybridized carbons (Fsp3) is 0.0625. The van der Waals surface area contributed by atoms with Gasteiger partial charge >= 0.3 is 0 Å². The van der Waals surface area contributed by atoms with Gasteiger partial charge in [0.1, 0.15) is 10.8 Å². The second-order valence-electron chi connectivity index (χ2n) is 5.07. The van der Waals surface area contributed by atoms with Crippen LogP contribution in [0.15, 0.2) is 48.5 Å². The van der Waals surface area contributed by atoms with E-state index in [4.69, 9.17) is 0 Å². The topological polar surface area (TPSA) is 98.0 Å². The van der Waals surface area contributed by atoms with Crippen LogP contribution in [0.3, 0.4) is 0 Å². The van der Waals surface area contributed by atoms with Crippen molar-refractivity contribution in [3.63, 3.8) is 0 Å². The molecule has 0 fully saturated rings. The lowest BCUT2D eigenvalue weighted by Crippen LogP contribution is -2.14. The van der Waals surface area contributed by atoms with Crippen LogP contribution >= 0.6 is 11.3 Å². The van der Waals surface area contributed by atoms with Crippen LogP contribution in [0.25, 0.3) is 10.6 Å². The Kier molecular flexibility index (Phi) is 4.75. The van der Waals surface area contributed by atoms with E-state index in [1.807, 2.05) is 0 Å². The molecule has 0 saturated heterocycles. The molecule has 0 atom stereocenters. The van der Waals surface area contributed by atoms with E-state index in [2.05, 4.69) is 15.5 Å². The van der Waals surface area contributed by atoms with Crippen LogP contribution in [0.4, 0.5) is 15.2 Å². The first-order chi connectivity index (χ1) is 12.0. The number of nitrogens with zero attached hydrogens (tertiary/aromatic N) is 3. The van der Waals surface area contributed by atoms with E-state index in [9.17, 15) is 19.3 Å². The van der Waals surface area contributed by atoms with Crippen LogP contribution in [-0.2, 0) is 11.2 Å². The molecule has 0 bridgehead atoms. The Morgan fingerprint density at radius 3 is 2.68 bits per heavy atom. The van der Waals surface area contributed by atoms with Gasteiger partial charge in [0.25, 0.3) is 5.69 Å². The molecule has 0 unspecified atom stereocenters. The molecule has 0 radical (unpaired) electrons. The van der Waals surface area contributed by atoms with Gasteiger partial charge in [-0.05, 0) is 17.7 Å². The molecule has 0 aliphatic heterocycles. The van der Waals surface area contributed by atoms with Crippen molar-refractivity contribution in [2.24, 2.45) is 0 Å². The first kappa shape index (κ1) is 16.7. The number of rotatable bonds is 5. The number of amides is 1. The van der Waals surface area contributed by atoms with E-state index < -0.39 is 4.92 Å². The molecule has 7 nitrogen and oxygen atoms in total. The highest BCUT2D eigenvalue weighted by Gasteiger charge is 2.13. The molecule has 3 aromatic rings. The van der Waals surface area contributed by atoms with E-state index in [0.29, 0.717) is 16.1 Å². The summed E-state index contributed by atoms with van der Waals surface area (Å²) in [6.45, 7) is 0. The number of aromatic nitrogens is 2. The Balaban J connectivity index is 1.69. The number of hydrogen-bond acceptors (Lipinski definition) is 6. The Labute approximate surface area is 145 Å². The first-order valence-corrected chi connectivity index (χ1v) is 7.95. The van der Waals surface area contributed by atoms with E-state index in [1.54, 1.807) is 12.1 Å². The van der Waals surface area contributed by atoms with E-state index in [1.165, 1.54) is 36.4 Å². The third kappa shape index (κ3) is 4.21. The molecule has 0 aliphatic rings. The van der Waals surface area contributed by atoms with Crippen molar-refractivity contribution in [2.45, 2.75) is 6.42 Å². The highest BCUT2D eigenvalue weighted by atomic mass is 32.1. The maximum atomic E-state index is 12.9. The minimum Gasteiger partial charge on any atom is -0.300 e. The summed E-state index contributed by atoms with van der Waals surface area (Å²) in [4.78, 5) is 22.3. The third-order valence-corrected chi connectivity index (χ3v) is 4.14. The first-order valence-electron chi connectivity index (χ1n) is 7.14. The monoisotopic (exact) mass is 358 g/mol. The van der Waals surface area contributed by atoms with Crippen molar-refractivity contribution in [2.75, 3.05) is 5.32 Å². The second-order valence-corrected chi connectivity index (χ2v) is 6.05. The summed E-state index contributed by atoms with van der Waals surface area (Å²) in [7, 11) is 0. The fourth-order valence-corrected chi connectivity index (χ4v) is 2.85. The van der Waals surface area contributed by atoms with Crippen molar-refractivity contribution in [3.8, 4) is 10.6 Å². The van der Waals surface area contributed by atoms with Crippen molar-refractivity contribution < 1.29 is 14.1 Å². The quantitative estimate of drug-likeness (QED) is 0.556. The van der Waals surface area contributed by atoms with Crippen molar-refractivity contribution in [3.05, 3.63) is 70.0 Å². The zero-order valence-electron chi connectivity index (χ0n) is 12.7. The highest BCUT2D eigenvalue weighted by Crippen LogP contribution is 2.28. The standard InChI is InChI=1S/C16H11FN4O3S/c17-12-6-4-10(5-7-12)8-14(22)18-16-20-19-15(25-16)11-2-1-3-13(9-11)21(23)24/h1-7,9H,8H2,(H,18,20,22). The SMILES string of the molecule is O=C(Cc1ccc(F)cc1)Nc1nnc(-c2cccc([N+](=O)[O-])c2)s1.